The molecule has 1 aliphatic carbocycles. The first kappa shape index (κ1) is 9.90. The maximum Gasteiger partial charge on any atom is 0.202 e. The average molecular weight is 211 g/mol. The van der Waals surface area contributed by atoms with Crippen LogP contribution in [0.25, 0.3) is 0 Å². The Hall–Kier alpha value is -0.640. The van der Waals surface area contributed by atoms with E-state index < -0.39 is 0 Å². The zero-order chi connectivity index (χ0) is 9.97. The molecule has 0 saturated heterocycles. The van der Waals surface area contributed by atoms with Gasteiger partial charge in [-0.3, -0.25) is 0 Å². The Balaban J connectivity index is 1.94. The zero-order valence-corrected chi connectivity index (χ0v) is 9.55. The van der Waals surface area contributed by atoms with Gasteiger partial charge in [-0.05, 0) is 24.7 Å². The van der Waals surface area contributed by atoms with Crippen LogP contribution in [0.3, 0.4) is 0 Å². The van der Waals surface area contributed by atoms with Crippen molar-refractivity contribution in [1.82, 2.24) is 9.36 Å². The summed E-state index contributed by atoms with van der Waals surface area (Å²) >= 11 is 1.45. The van der Waals surface area contributed by atoms with E-state index in [0.717, 1.165) is 17.0 Å². The highest BCUT2D eigenvalue weighted by Crippen LogP contribution is 2.35. The third-order valence-electron chi connectivity index (χ3n) is 3.42. The van der Waals surface area contributed by atoms with Crippen LogP contribution in [-0.2, 0) is 0 Å². The lowest BCUT2D eigenvalue weighted by Gasteiger charge is -2.20. The second-order valence-corrected chi connectivity index (χ2v) is 4.88. The van der Waals surface area contributed by atoms with E-state index in [1.807, 2.05) is 0 Å². The average Bonchev–Trinajstić information content (AvgIpc) is 2.79. The predicted octanol–water partition coefficient (Wildman–Crippen LogP) is 2.77. The molecular weight excluding hydrogens is 194 g/mol. The van der Waals surface area contributed by atoms with Gasteiger partial charge in [-0.1, -0.05) is 20.3 Å². The topological polar surface area (TPSA) is 37.8 Å². The van der Waals surface area contributed by atoms with Gasteiger partial charge < -0.3 is 5.32 Å². The summed E-state index contributed by atoms with van der Waals surface area (Å²) in [5.41, 5.74) is 0. The number of hydrogen-bond donors (Lipinski definition) is 1. The standard InChI is InChI=1S/C10H17N3S/c1-3-8-4-5-9(7(8)2)13-10-11-6-12-14-10/h6-9H,3-5H2,1-2H3,(H,11,12,13). The van der Waals surface area contributed by atoms with E-state index in [0.29, 0.717) is 6.04 Å². The van der Waals surface area contributed by atoms with Crippen molar-refractivity contribution in [2.45, 2.75) is 39.2 Å². The van der Waals surface area contributed by atoms with Crippen molar-refractivity contribution < 1.29 is 0 Å². The molecular formula is C10H17N3S. The fourth-order valence-electron chi connectivity index (χ4n) is 2.42. The Morgan fingerprint density at radius 2 is 2.43 bits per heavy atom. The maximum absolute atomic E-state index is 4.16. The van der Waals surface area contributed by atoms with Gasteiger partial charge in [-0.2, -0.15) is 4.37 Å². The summed E-state index contributed by atoms with van der Waals surface area (Å²) in [6, 6.07) is 0.605. The minimum Gasteiger partial charge on any atom is -0.357 e. The van der Waals surface area contributed by atoms with Crippen LogP contribution in [0.1, 0.15) is 33.1 Å². The van der Waals surface area contributed by atoms with Gasteiger partial charge in [0.15, 0.2) is 0 Å². The molecule has 0 bridgehead atoms. The highest BCUT2D eigenvalue weighted by Gasteiger charge is 2.31. The van der Waals surface area contributed by atoms with Crippen LogP contribution < -0.4 is 5.32 Å². The highest BCUT2D eigenvalue weighted by molar-refractivity contribution is 7.09. The van der Waals surface area contributed by atoms with Crippen LogP contribution in [0.5, 0.6) is 0 Å². The summed E-state index contributed by atoms with van der Waals surface area (Å²) in [5.74, 6) is 1.66. The summed E-state index contributed by atoms with van der Waals surface area (Å²) < 4.78 is 4.00. The molecule has 1 N–H and O–H groups in total. The SMILES string of the molecule is CCC1CCC(Nc2ncns2)C1C. The second kappa shape index (κ2) is 4.26. The van der Waals surface area contributed by atoms with Gasteiger partial charge >= 0.3 is 0 Å². The molecule has 1 aromatic rings. The van der Waals surface area contributed by atoms with Gasteiger partial charge in [0.05, 0.1) is 0 Å². The molecule has 78 valence electrons. The molecule has 1 fully saturated rings. The summed E-state index contributed by atoms with van der Waals surface area (Å²) in [4.78, 5) is 4.16. The molecule has 3 atom stereocenters. The van der Waals surface area contributed by atoms with Crippen molar-refractivity contribution >= 4 is 16.7 Å². The lowest BCUT2D eigenvalue weighted by atomic mass is 9.94. The Bertz CT molecular complexity index is 273. The smallest absolute Gasteiger partial charge is 0.202 e. The third kappa shape index (κ3) is 1.90. The molecule has 14 heavy (non-hydrogen) atoms. The van der Waals surface area contributed by atoms with E-state index >= 15 is 0 Å². The Morgan fingerprint density at radius 1 is 1.57 bits per heavy atom. The molecule has 1 aromatic heterocycles. The molecule has 1 heterocycles. The molecule has 1 saturated carbocycles. The molecule has 0 amide bonds. The molecule has 0 aliphatic heterocycles. The number of anilines is 1. The van der Waals surface area contributed by atoms with Crippen molar-refractivity contribution in [1.29, 1.82) is 0 Å². The normalized spacial score (nSPS) is 32.0. The lowest BCUT2D eigenvalue weighted by molar-refractivity contribution is 0.392. The zero-order valence-electron chi connectivity index (χ0n) is 8.73. The molecule has 0 radical (unpaired) electrons. The van der Waals surface area contributed by atoms with Crippen molar-refractivity contribution in [2.75, 3.05) is 5.32 Å². The lowest BCUT2D eigenvalue weighted by Crippen LogP contribution is -2.24. The first-order valence-corrected chi connectivity index (χ1v) is 6.11. The van der Waals surface area contributed by atoms with Crippen LogP contribution in [0.4, 0.5) is 5.13 Å². The molecule has 2 rings (SSSR count). The van der Waals surface area contributed by atoms with Gasteiger partial charge in [0.2, 0.25) is 5.13 Å². The first-order chi connectivity index (χ1) is 6.81. The molecule has 3 nitrogen and oxygen atoms in total. The second-order valence-electron chi connectivity index (χ2n) is 4.10. The number of aromatic nitrogens is 2. The summed E-state index contributed by atoms with van der Waals surface area (Å²) in [7, 11) is 0. The third-order valence-corrected chi connectivity index (χ3v) is 4.02. The molecule has 0 spiro atoms. The van der Waals surface area contributed by atoms with Crippen LogP contribution >= 0.6 is 11.5 Å². The summed E-state index contributed by atoms with van der Waals surface area (Å²) in [6.45, 7) is 4.63. The van der Waals surface area contributed by atoms with E-state index in [4.69, 9.17) is 0 Å². The van der Waals surface area contributed by atoms with Gasteiger partial charge in [-0.25, -0.2) is 4.98 Å². The fraction of sp³-hybridized carbons (Fsp3) is 0.800. The summed E-state index contributed by atoms with van der Waals surface area (Å²) in [5, 5.41) is 4.45. The highest BCUT2D eigenvalue weighted by atomic mass is 32.1. The fourth-order valence-corrected chi connectivity index (χ4v) is 2.92. The van der Waals surface area contributed by atoms with Crippen molar-refractivity contribution in [3.63, 3.8) is 0 Å². The number of nitrogens with zero attached hydrogens (tertiary/aromatic N) is 2. The van der Waals surface area contributed by atoms with E-state index in [-0.39, 0.29) is 0 Å². The van der Waals surface area contributed by atoms with Crippen LogP contribution in [0.15, 0.2) is 6.33 Å². The Labute approximate surface area is 89.1 Å². The monoisotopic (exact) mass is 211 g/mol. The quantitative estimate of drug-likeness (QED) is 0.835. The summed E-state index contributed by atoms with van der Waals surface area (Å²) in [6.07, 6.45) is 5.55. The van der Waals surface area contributed by atoms with Crippen LogP contribution in [0.2, 0.25) is 0 Å². The Kier molecular flexibility index (Phi) is 3.01. The number of rotatable bonds is 3. The van der Waals surface area contributed by atoms with Crippen molar-refractivity contribution in [3.8, 4) is 0 Å². The molecule has 3 unspecified atom stereocenters. The molecule has 4 heteroatoms. The van der Waals surface area contributed by atoms with E-state index in [9.17, 15) is 0 Å². The van der Waals surface area contributed by atoms with Gasteiger partial charge in [0.25, 0.3) is 0 Å². The molecule has 1 aliphatic rings. The molecule has 0 aromatic carbocycles. The Morgan fingerprint density at radius 3 is 3.00 bits per heavy atom. The maximum atomic E-state index is 4.16. The minimum atomic E-state index is 0.605. The minimum absolute atomic E-state index is 0.605. The van der Waals surface area contributed by atoms with Gasteiger partial charge in [-0.15, -0.1) is 0 Å². The van der Waals surface area contributed by atoms with E-state index in [2.05, 4.69) is 28.5 Å². The first-order valence-electron chi connectivity index (χ1n) is 5.34. The number of nitrogens with one attached hydrogen (secondary N) is 1. The van der Waals surface area contributed by atoms with E-state index in [1.54, 1.807) is 6.33 Å². The van der Waals surface area contributed by atoms with Crippen LogP contribution in [-0.4, -0.2) is 15.4 Å². The van der Waals surface area contributed by atoms with Gasteiger partial charge in [0, 0.05) is 17.6 Å². The van der Waals surface area contributed by atoms with Crippen molar-refractivity contribution in [2.24, 2.45) is 11.8 Å². The number of hydrogen-bond acceptors (Lipinski definition) is 4. The van der Waals surface area contributed by atoms with Gasteiger partial charge in [0.1, 0.15) is 6.33 Å². The largest absolute Gasteiger partial charge is 0.357 e. The van der Waals surface area contributed by atoms with Crippen LogP contribution in [0, 0.1) is 11.8 Å². The van der Waals surface area contributed by atoms with E-state index in [1.165, 1.54) is 30.8 Å². The predicted molar refractivity (Wildman–Crippen MR) is 59.5 cm³/mol. The van der Waals surface area contributed by atoms with Crippen molar-refractivity contribution in [3.05, 3.63) is 6.33 Å².